The SMILES string of the molecule is CCNS(=O)(=O)N1CCN(C(=O)CCc2ccccc2F)CC1. The number of hydrogen-bond donors (Lipinski definition) is 1. The highest BCUT2D eigenvalue weighted by molar-refractivity contribution is 7.87. The number of piperazine rings is 1. The summed E-state index contributed by atoms with van der Waals surface area (Å²) < 4.78 is 41.1. The summed E-state index contributed by atoms with van der Waals surface area (Å²) in [6, 6.07) is 6.41. The zero-order valence-corrected chi connectivity index (χ0v) is 14.0. The first-order valence-corrected chi connectivity index (χ1v) is 9.14. The lowest BCUT2D eigenvalue weighted by atomic mass is 10.1. The van der Waals surface area contributed by atoms with Gasteiger partial charge in [-0.15, -0.1) is 0 Å². The monoisotopic (exact) mass is 343 g/mol. The zero-order valence-electron chi connectivity index (χ0n) is 13.2. The summed E-state index contributed by atoms with van der Waals surface area (Å²) in [6.07, 6.45) is 0.572. The fourth-order valence-electron chi connectivity index (χ4n) is 2.55. The van der Waals surface area contributed by atoms with Crippen LogP contribution in [0.3, 0.4) is 0 Å². The second kappa shape index (κ2) is 7.85. The zero-order chi connectivity index (χ0) is 16.9. The van der Waals surface area contributed by atoms with Crippen LogP contribution in [0.15, 0.2) is 24.3 Å². The first-order valence-electron chi connectivity index (χ1n) is 7.70. The quantitative estimate of drug-likeness (QED) is 0.829. The van der Waals surface area contributed by atoms with E-state index in [0.717, 1.165) is 0 Å². The largest absolute Gasteiger partial charge is 0.340 e. The maximum absolute atomic E-state index is 13.5. The van der Waals surface area contributed by atoms with Gasteiger partial charge in [0.15, 0.2) is 0 Å². The number of amides is 1. The van der Waals surface area contributed by atoms with Crippen molar-refractivity contribution in [3.63, 3.8) is 0 Å². The topological polar surface area (TPSA) is 69.7 Å². The molecule has 6 nitrogen and oxygen atoms in total. The molecule has 23 heavy (non-hydrogen) atoms. The van der Waals surface area contributed by atoms with Gasteiger partial charge in [-0.05, 0) is 18.1 Å². The highest BCUT2D eigenvalue weighted by Gasteiger charge is 2.28. The predicted molar refractivity (Wildman–Crippen MR) is 85.5 cm³/mol. The maximum atomic E-state index is 13.5. The highest BCUT2D eigenvalue weighted by atomic mass is 32.2. The fraction of sp³-hybridized carbons (Fsp3) is 0.533. The summed E-state index contributed by atoms with van der Waals surface area (Å²) in [6.45, 7) is 3.34. The van der Waals surface area contributed by atoms with Crippen molar-refractivity contribution in [1.29, 1.82) is 0 Å². The molecule has 2 rings (SSSR count). The summed E-state index contributed by atoms with van der Waals surface area (Å²) in [5, 5.41) is 0. The van der Waals surface area contributed by atoms with Gasteiger partial charge in [0.25, 0.3) is 10.2 Å². The molecule has 0 aliphatic carbocycles. The first kappa shape index (κ1) is 17.8. The Morgan fingerprint density at radius 3 is 2.48 bits per heavy atom. The number of rotatable bonds is 6. The van der Waals surface area contributed by atoms with Gasteiger partial charge in [-0.1, -0.05) is 25.1 Å². The number of nitrogens with one attached hydrogen (secondary N) is 1. The van der Waals surface area contributed by atoms with Crippen LogP contribution < -0.4 is 4.72 Å². The third kappa shape index (κ3) is 4.73. The second-order valence-corrected chi connectivity index (χ2v) is 7.13. The molecule has 0 radical (unpaired) electrons. The Hall–Kier alpha value is -1.51. The minimum absolute atomic E-state index is 0.0752. The van der Waals surface area contributed by atoms with Crippen LogP contribution in [-0.4, -0.2) is 56.3 Å². The minimum atomic E-state index is -3.45. The molecule has 1 aliphatic heterocycles. The van der Waals surface area contributed by atoms with Crippen LogP contribution in [0.2, 0.25) is 0 Å². The average molecular weight is 343 g/mol. The minimum Gasteiger partial charge on any atom is -0.340 e. The van der Waals surface area contributed by atoms with Gasteiger partial charge in [-0.2, -0.15) is 12.7 Å². The van der Waals surface area contributed by atoms with Gasteiger partial charge in [-0.25, -0.2) is 9.11 Å². The molecular weight excluding hydrogens is 321 g/mol. The Labute approximate surface area is 136 Å². The normalized spacial score (nSPS) is 16.5. The number of nitrogens with zero attached hydrogens (tertiary/aromatic N) is 2. The van der Waals surface area contributed by atoms with E-state index >= 15 is 0 Å². The lowest BCUT2D eigenvalue weighted by molar-refractivity contribution is -0.132. The Morgan fingerprint density at radius 2 is 1.87 bits per heavy atom. The van der Waals surface area contributed by atoms with Gasteiger partial charge in [0.2, 0.25) is 5.91 Å². The number of benzene rings is 1. The van der Waals surface area contributed by atoms with Gasteiger partial charge in [0, 0.05) is 39.1 Å². The van der Waals surface area contributed by atoms with Crippen LogP contribution in [-0.2, 0) is 21.4 Å². The van der Waals surface area contributed by atoms with E-state index in [0.29, 0.717) is 31.6 Å². The van der Waals surface area contributed by atoms with E-state index in [1.165, 1.54) is 10.4 Å². The molecule has 0 unspecified atom stereocenters. The van der Waals surface area contributed by atoms with Crippen LogP contribution >= 0.6 is 0 Å². The number of carbonyl (C=O) groups is 1. The standard InChI is InChI=1S/C15H22FN3O3S/c1-2-17-23(21,22)19-11-9-18(10-12-19)15(20)8-7-13-5-3-4-6-14(13)16/h3-6,17H,2,7-12H2,1H3. The Kier molecular flexibility index (Phi) is 6.09. The predicted octanol–water partition coefficient (Wildman–Crippen LogP) is 0.757. The lowest BCUT2D eigenvalue weighted by Gasteiger charge is -2.34. The van der Waals surface area contributed by atoms with Gasteiger partial charge in [0.1, 0.15) is 5.82 Å². The van der Waals surface area contributed by atoms with Crippen molar-refractivity contribution in [3.8, 4) is 0 Å². The third-order valence-electron chi connectivity index (χ3n) is 3.82. The van der Waals surface area contributed by atoms with Gasteiger partial charge in [-0.3, -0.25) is 4.79 Å². The summed E-state index contributed by atoms with van der Waals surface area (Å²) in [5.41, 5.74) is 0.522. The molecule has 0 atom stereocenters. The van der Waals surface area contributed by atoms with Crippen molar-refractivity contribution in [2.75, 3.05) is 32.7 Å². The van der Waals surface area contributed by atoms with Crippen molar-refractivity contribution in [3.05, 3.63) is 35.6 Å². The molecule has 1 aliphatic rings. The molecular formula is C15H22FN3O3S. The smallest absolute Gasteiger partial charge is 0.279 e. The molecule has 1 aromatic carbocycles. The molecule has 1 amide bonds. The van der Waals surface area contributed by atoms with E-state index in [4.69, 9.17) is 0 Å². The van der Waals surface area contributed by atoms with Gasteiger partial charge in [0.05, 0.1) is 0 Å². The van der Waals surface area contributed by atoms with Gasteiger partial charge < -0.3 is 4.90 Å². The third-order valence-corrected chi connectivity index (χ3v) is 5.52. The van der Waals surface area contributed by atoms with Crippen molar-refractivity contribution < 1.29 is 17.6 Å². The molecule has 128 valence electrons. The molecule has 1 heterocycles. The van der Waals surface area contributed by atoms with Crippen molar-refractivity contribution in [2.24, 2.45) is 0 Å². The van der Waals surface area contributed by atoms with Crippen LogP contribution in [0.25, 0.3) is 0 Å². The first-order chi connectivity index (χ1) is 10.9. The van der Waals surface area contributed by atoms with Crippen molar-refractivity contribution >= 4 is 16.1 Å². The van der Waals surface area contributed by atoms with E-state index in [2.05, 4.69) is 4.72 Å². The van der Waals surface area contributed by atoms with Crippen LogP contribution in [0.1, 0.15) is 18.9 Å². The number of carbonyl (C=O) groups excluding carboxylic acids is 1. The fourth-order valence-corrected chi connectivity index (χ4v) is 3.74. The highest BCUT2D eigenvalue weighted by Crippen LogP contribution is 2.12. The molecule has 0 saturated carbocycles. The summed E-state index contributed by atoms with van der Waals surface area (Å²) in [4.78, 5) is 13.8. The van der Waals surface area contributed by atoms with Crippen molar-refractivity contribution in [1.82, 2.24) is 13.9 Å². The molecule has 1 N–H and O–H groups in total. The molecule has 1 aromatic rings. The average Bonchev–Trinajstić information content (AvgIpc) is 2.54. The molecule has 0 spiro atoms. The Morgan fingerprint density at radius 1 is 1.22 bits per heavy atom. The molecule has 0 aromatic heterocycles. The van der Waals surface area contributed by atoms with Crippen molar-refractivity contribution in [2.45, 2.75) is 19.8 Å². The summed E-state index contributed by atoms with van der Waals surface area (Å²) in [7, 11) is -3.45. The van der Waals surface area contributed by atoms with Crippen LogP contribution in [0, 0.1) is 5.82 Å². The molecule has 1 saturated heterocycles. The van der Waals surface area contributed by atoms with Gasteiger partial charge >= 0.3 is 0 Å². The summed E-state index contributed by atoms with van der Waals surface area (Å²) >= 11 is 0. The van der Waals surface area contributed by atoms with E-state index in [9.17, 15) is 17.6 Å². The number of hydrogen-bond acceptors (Lipinski definition) is 3. The van der Waals surface area contributed by atoms with E-state index in [-0.39, 0.29) is 31.2 Å². The van der Waals surface area contributed by atoms with E-state index in [1.54, 1.807) is 30.0 Å². The Balaban J connectivity index is 1.83. The second-order valence-electron chi connectivity index (χ2n) is 5.37. The molecule has 8 heteroatoms. The van der Waals surface area contributed by atoms with E-state index in [1.807, 2.05) is 0 Å². The van der Waals surface area contributed by atoms with Crippen LogP contribution in [0.5, 0.6) is 0 Å². The molecule has 1 fully saturated rings. The number of aryl methyl sites for hydroxylation is 1. The van der Waals surface area contributed by atoms with E-state index < -0.39 is 10.2 Å². The number of halogens is 1. The maximum Gasteiger partial charge on any atom is 0.279 e. The molecule has 0 bridgehead atoms. The van der Waals surface area contributed by atoms with Crippen LogP contribution in [0.4, 0.5) is 4.39 Å². The summed E-state index contributed by atoms with van der Waals surface area (Å²) in [5.74, 6) is -0.379. The Bertz CT molecular complexity index is 643. The lowest BCUT2D eigenvalue weighted by Crippen LogP contribution is -2.53.